The number of piperazine rings is 1. The van der Waals surface area contributed by atoms with E-state index in [4.69, 9.17) is 24.2 Å². The van der Waals surface area contributed by atoms with Gasteiger partial charge in [-0.15, -0.1) is 0 Å². The van der Waals surface area contributed by atoms with Crippen LogP contribution in [0, 0.1) is 0 Å². The van der Waals surface area contributed by atoms with Crippen molar-refractivity contribution < 1.29 is 24.2 Å². The summed E-state index contributed by atoms with van der Waals surface area (Å²) in [6.07, 6.45) is 2.01. The molecule has 1 aliphatic rings. The third-order valence-corrected chi connectivity index (χ3v) is 4.88. The Hall–Kier alpha value is -3.39. The maximum Gasteiger partial charge on any atom is 0.414 e. The van der Waals surface area contributed by atoms with Crippen LogP contribution in [0.3, 0.4) is 0 Å². The van der Waals surface area contributed by atoms with Gasteiger partial charge in [0.05, 0.1) is 0 Å². The SMILES string of the molecule is O=C(O)C(=O)O.c1ccc(N2CCN(CCCc3nc4ccccc4o3)CC2)cc1. The van der Waals surface area contributed by atoms with Gasteiger partial charge in [-0.2, -0.15) is 0 Å². The minimum absolute atomic E-state index is 0.860. The molecule has 2 N–H and O–H groups in total. The monoisotopic (exact) mass is 411 g/mol. The molecule has 0 unspecified atom stereocenters. The van der Waals surface area contributed by atoms with Gasteiger partial charge in [0.1, 0.15) is 5.52 Å². The molecule has 1 aromatic heterocycles. The summed E-state index contributed by atoms with van der Waals surface area (Å²) in [7, 11) is 0. The first-order valence-corrected chi connectivity index (χ1v) is 9.86. The van der Waals surface area contributed by atoms with Gasteiger partial charge in [-0.3, -0.25) is 4.90 Å². The number of carboxylic acids is 2. The molecule has 1 aliphatic heterocycles. The second-order valence-electron chi connectivity index (χ2n) is 6.95. The summed E-state index contributed by atoms with van der Waals surface area (Å²) in [6, 6.07) is 18.7. The summed E-state index contributed by atoms with van der Waals surface area (Å²) in [5.74, 6) is -2.79. The Morgan fingerprint density at radius 1 is 0.900 bits per heavy atom. The fourth-order valence-corrected chi connectivity index (χ4v) is 3.35. The number of carboxylic acid groups (broad SMARTS) is 2. The Morgan fingerprint density at radius 2 is 1.53 bits per heavy atom. The molecule has 1 saturated heterocycles. The van der Waals surface area contributed by atoms with E-state index in [1.165, 1.54) is 5.69 Å². The predicted octanol–water partition coefficient (Wildman–Crippen LogP) is 2.74. The quantitative estimate of drug-likeness (QED) is 0.617. The normalized spacial score (nSPS) is 14.2. The summed E-state index contributed by atoms with van der Waals surface area (Å²) in [6.45, 7) is 5.58. The van der Waals surface area contributed by atoms with Crippen molar-refractivity contribution in [1.82, 2.24) is 9.88 Å². The third-order valence-electron chi connectivity index (χ3n) is 4.88. The lowest BCUT2D eigenvalue weighted by molar-refractivity contribution is -0.159. The molecule has 30 heavy (non-hydrogen) atoms. The van der Waals surface area contributed by atoms with Crippen molar-refractivity contribution in [3.8, 4) is 0 Å². The van der Waals surface area contributed by atoms with Crippen LogP contribution in [0.25, 0.3) is 11.1 Å². The zero-order valence-electron chi connectivity index (χ0n) is 16.6. The number of rotatable bonds is 5. The van der Waals surface area contributed by atoms with Crippen LogP contribution in [0.2, 0.25) is 0 Å². The van der Waals surface area contributed by atoms with Crippen LogP contribution >= 0.6 is 0 Å². The largest absolute Gasteiger partial charge is 0.473 e. The van der Waals surface area contributed by atoms with Crippen LogP contribution in [-0.4, -0.2) is 64.8 Å². The van der Waals surface area contributed by atoms with Gasteiger partial charge in [0.15, 0.2) is 11.5 Å². The molecule has 8 nitrogen and oxygen atoms in total. The number of carbonyl (C=O) groups is 2. The number of aliphatic carboxylic acids is 2. The van der Waals surface area contributed by atoms with E-state index in [2.05, 4.69) is 45.1 Å². The molecule has 0 saturated carbocycles. The van der Waals surface area contributed by atoms with Crippen molar-refractivity contribution >= 4 is 28.7 Å². The Morgan fingerprint density at radius 3 is 2.17 bits per heavy atom. The third kappa shape index (κ3) is 6.05. The molecule has 0 radical (unpaired) electrons. The summed E-state index contributed by atoms with van der Waals surface area (Å²) >= 11 is 0. The van der Waals surface area contributed by atoms with Crippen LogP contribution in [0.15, 0.2) is 59.0 Å². The smallest absolute Gasteiger partial charge is 0.414 e. The molecule has 2 heterocycles. The highest BCUT2D eigenvalue weighted by Crippen LogP contribution is 2.17. The Bertz CT molecular complexity index is 920. The van der Waals surface area contributed by atoms with E-state index in [0.717, 1.165) is 62.6 Å². The van der Waals surface area contributed by atoms with Gasteiger partial charge in [-0.05, 0) is 37.2 Å². The topological polar surface area (TPSA) is 107 Å². The molecular formula is C22H25N3O5. The standard InChI is InChI=1S/C20H23N3O.C2H2O4/c1-2-7-17(8-3-1)23-15-13-22(14-16-23)12-6-11-20-21-18-9-4-5-10-19(18)24-20;3-1(4)2(5)6/h1-5,7-10H,6,11-16H2;(H,3,4)(H,5,6). The molecule has 0 spiro atoms. The van der Waals surface area contributed by atoms with Crippen LogP contribution in [-0.2, 0) is 16.0 Å². The van der Waals surface area contributed by atoms with Gasteiger partial charge < -0.3 is 19.5 Å². The number of hydrogen-bond donors (Lipinski definition) is 2. The molecule has 0 amide bonds. The number of aryl methyl sites for hydroxylation is 1. The predicted molar refractivity (Wildman–Crippen MR) is 113 cm³/mol. The summed E-state index contributed by atoms with van der Waals surface area (Å²) in [4.78, 5) is 27.8. The first-order chi connectivity index (χ1) is 14.5. The first-order valence-electron chi connectivity index (χ1n) is 9.86. The molecular weight excluding hydrogens is 386 g/mol. The molecule has 3 aromatic rings. The van der Waals surface area contributed by atoms with Crippen LogP contribution in [0.1, 0.15) is 12.3 Å². The van der Waals surface area contributed by atoms with Gasteiger partial charge in [0.2, 0.25) is 0 Å². The molecule has 8 heteroatoms. The number of aromatic nitrogens is 1. The Kier molecular flexibility index (Phi) is 7.40. The van der Waals surface area contributed by atoms with E-state index < -0.39 is 11.9 Å². The number of anilines is 1. The lowest BCUT2D eigenvalue weighted by Gasteiger charge is -2.36. The van der Waals surface area contributed by atoms with Crippen molar-refractivity contribution in [3.05, 3.63) is 60.5 Å². The minimum Gasteiger partial charge on any atom is -0.473 e. The molecule has 0 bridgehead atoms. The fourth-order valence-electron chi connectivity index (χ4n) is 3.35. The molecule has 1 fully saturated rings. The second-order valence-corrected chi connectivity index (χ2v) is 6.95. The maximum absolute atomic E-state index is 9.10. The first kappa shape index (κ1) is 21.3. The highest BCUT2D eigenvalue weighted by atomic mass is 16.4. The van der Waals surface area contributed by atoms with E-state index in [1.807, 2.05) is 24.3 Å². The van der Waals surface area contributed by atoms with Crippen molar-refractivity contribution in [2.75, 3.05) is 37.6 Å². The van der Waals surface area contributed by atoms with E-state index in [1.54, 1.807) is 0 Å². The van der Waals surface area contributed by atoms with Crippen LogP contribution in [0.4, 0.5) is 5.69 Å². The van der Waals surface area contributed by atoms with Crippen LogP contribution < -0.4 is 4.90 Å². The zero-order chi connectivity index (χ0) is 21.3. The lowest BCUT2D eigenvalue weighted by Crippen LogP contribution is -2.46. The minimum atomic E-state index is -1.82. The van der Waals surface area contributed by atoms with Crippen molar-refractivity contribution in [2.45, 2.75) is 12.8 Å². The number of hydrogen-bond acceptors (Lipinski definition) is 6. The van der Waals surface area contributed by atoms with Crippen LogP contribution in [0.5, 0.6) is 0 Å². The van der Waals surface area contributed by atoms with Crippen molar-refractivity contribution in [2.24, 2.45) is 0 Å². The van der Waals surface area contributed by atoms with E-state index >= 15 is 0 Å². The summed E-state index contributed by atoms with van der Waals surface area (Å²) < 4.78 is 5.79. The number of nitrogens with zero attached hydrogens (tertiary/aromatic N) is 3. The fraction of sp³-hybridized carbons (Fsp3) is 0.318. The van der Waals surface area contributed by atoms with E-state index in [9.17, 15) is 0 Å². The van der Waals surface area contributed by atoms with Gasteiger partial charge in [-0.1, -0.05) is 30.3 Å². The van der Waals surface area contributed by atoms with Gasteiger partial charge in [0, 0.05) is 38.3 Å². The lowest BCUT2D eigenvalue weighted by atomic mass is 10.2. The Labute approximate surface area is 174 Å². The molecule has 2 aromatic carbocycles. The summed E-state index contributed by atoms with van der Waals surface area (Å²) in [5.41, 5.74) is 3.19. The summed E-state index contributed by atoms with van der Waals surface area (Å²) in [5, 5.41) is 14.8. The highest BCUT2D eigenvalue weighted by molar-refractivity contribution is 6.27. The molecule has 0 aliphatic carbocycles. The number of benzene rings is 2. The molecule has 158 valence electrons. The molecule has 0 atom stereocenters. The van der Waals surface area contributed by atoms with Gasteiger partial charge in [-0.25, -0.2) is 14.6 Å². The Balaban J connectivity index is 0.000000377. The van der Waals surface area contributed by atoms with Crippen molar-refractivity contribution in [1.29, 1.82) is 0 Å². The van der Waals surface area contributed by atoms with E-state index in [0.29, 0.717) is 0 Å². The highest BCUT2D eigenvalue weighted by Gasteiger charge is 2.17. The maximum atomic E-state index is 9.10. The average Bonchev–Trinajstić information content (AvgIpc) is 3.18. The van der Waals surface area contributed by atoms with Gasteiger partial charge in [0.25, 0.3) is 0 Å². The van der Waals surface area contributed by atoms with Gasteiger partial charge >= 0.3 is 11.9 Å². The number of para-hydroxylation sites is 3. The average molecular weight is 411 g/mol. The van der Waals surface area contributed by atoms with Crippen molar-refractivity contribution in [3.63, 3.8) is 0 Å². The number of fused-ring (bicyclic) bond motifs is 1. The zero-order valence-corrected chi connectivity index (χ0v) is 16.6. The number of oxazole rings is 1. The second kappa shape index (κ2) is 10.4. The van der Waals surface area contributed by atoms with E-state index in [-0.39, 0.29) is 0 Å². The molecule has 4 rings (SSSR count).